The Morgan fingerprint density at radius 3 is 2.50 bits per heavy atom. The summed E-state index contributed by atoms with van der Waals surface area (Å²) in [4.78, 5) is 28.6. The van der Waals surface area contributed by atoms with E-state index in [-0.39, 0.29) is 0 Å². The van der Waals surface area contributed by atoms with Crippen molar-refractivity contribution in [1.29, 1.82) is 0 Å². The summed E-state index contributed by atoms with van der Waals surface area (Å²) < 4.78 is 4.53. The lowest BCUT2D eigenvalue weighted by Gasteiger charge is -1.97. The van der Waals surface area contributed by atoms with E-state index in [4.69, 9.17) is 0 Å². The van der Waals surface area contributed by atoms with Gasteiger partial charge in [0.05, 0.1) is 11.2 Å². The van der Waals surface area contributed by atoms with Gasteiger partial charge in [-0.25, -0.2) is 9.59 Å². The zero-order valence-electron chi connectivity index (χ0n) is 9.61. The molecule has 0 aliphatic carbocycles. The second kappa shape index (κ2) is 3.73. The van der Waals surface area contributed by atoms with E-state index in [0.717, 1.165) is 5.56 Å². The van der Waals surface area contributed by atoms with Crippen LogP contribution in [0, 0.1) is 6.92 Å². The fraction of sp³-hybridized carbons (Fsp3) is 0.0769. The topological polar surface area (TPSA) is 78.9 Å². The minimum Gasteiger partial charge on any atom is -0.372 e. The highest BCUT2D eigenvalue weighted by molar-refractivity contribution is 5.93. The van der Waals surface area contributed by atoms with E-state index in [2.05, 4.69) is 14.4 Å². The predicted octanol–water partition coefficient (Wildman–Crippen LogP) is 1.78. The van der Waals surface area contributed by atoms with Gasteiger partial charge in [-0.3, -0.25) is 4.98 Å². The zero-order chi connectivity index (χ0) is 12.7. The zero-order valence-corrected chi connectivity index (χ0v) is 9.61. The maximum absolute atomic E-state index is 11.7. The molecule has 0 aliphatic rings. The fourth-order valence-electron chi connectivity index (χ4n) is 2.09. The van der Waals surface area contributed by atoms with Crippen molar-refractivity contribution in [3.8, 4) is 11.3 Å². The van der Waals surface area contributed by atoms with E-state index in [9.17, 15) is 9.59 Å². The molecule has 2 aromatic heterocycles. The lowest BCUT2D eigenvalue weighted by atomic mass is 10.1. The Morgan fingerprint density at radius 2 is 1.78 bits per heavy atom. The summed E-state index contributed by atoms with van der Waals surface area (Å²) >= 11 is 0. The highest BCUT2D eigenvalue weighted by Gasteiger charge is 2.14. The third-order valence-electron chi connectivity index (χ3n) is 2.87. The van der Waals surface area contributed by atoms with Crippen molar-refractivity contribution in [3.63, 3.8) is 0 Å². The number of H-pyrrole nitrogens is 2. The highest BCUT2D eigenvalue weighted by Crippen LogP contribution is 2.25. The smallest absolute Gasteiger partial charge is 0.372 e. The molecule has 18 heavy (non-hydrogen) atoms. The van der Waals surface area contributed by atoms with Crippen LogP contribution in [0.1, 0.15) is 5.69 Å². The molecule has 3 aromatic rings. The molecule has 0 bridgehead atoms. The number of benzene rings is 1. The normalized spacial score (nSPS) is 10.9. The quantitative estimate of drug-likeness (QED) is 0.682. The van der Waals surface area contributed by atoms with Gasteiger partial charge in [0, 0.05) is 11.3 Å². The third-order valence-corrected chi connectivity index (χ3v) is 2.87. The van der Waals surface area contributed by atoms with Crippen LogP contribution in [0.2, 0.25) is 0 Å². The fourth-order valence-corrected chi connectivity index (χ4v) is 2.09. The predicted molar refractivity (Wildman–Crippen MR) is 67.6 cm³/mol. The van der Waals surface area contributed by atoms with Crippen molar-refractivity contribution in [2.45, 2.75) is 6.92 Å². The van der Waals surface area contributed by atoms with Crippen LogP contribution in [-0.4, -0.2) is 9.97 Å². The summed E-state index contributed by atoms with van der Waals surface area (Å²) in [5, 5.41) is 0.383. The highest BCUT2D eigenvalue weighted by atomic mass is 16.4. The molecule has 2 N–H and O–H groups in total. The average Bonchev–Trinajstić information content (AvgIpc) is 2.67. The van der Waals surface area contributed by atoms with E-state index in [1.165, 1.54) is 0 Å². The Balaban J connectivity index is 2.46. The van der Waals surface area contributed by atoms with Gasteiger partial charge in [0.1, 0.15) is 5.39 Å². The first-order valence-electron chi connectivity index (χ1n) is 5.48. The molecule has 5 heteroatoms. The van der Waals surface area contributed by atoms with Crippen molar-refractivity contribution in [3.05, 3.63) is 57.0 Å². The number of aromatic amines is 2. The van der Waals surface area contributed by atoms with Crippen LogP contribution >= 0.6 is 0 Å². The van der Waals surface area contributed by atoms with Crippen LogP contribution in [0.15, 0.2) is 44.3 Å². The first-order valence-corrected chi connectivity index (χ1v) is 5.48. The number of fused-ring (bicyclic) bond motifs is 1. The van der Waals surface area contributed by atoms with Gasteiger partial charge in [-0.05, 0) is 6.92 Å². The summed E-state index contributed by atoms with van der Waals surface area (Å²) in [6.07, 6.45) is 0. The third kappa shape index (κ3) is 1.48. The minimum absolute atomic E-state index is 0.383. The molecule has 3 rings (SSSR count). The molecule has 0 unspecified atom stereocenters. The molecule has 0 radical (unpaired) electrons. The maximum Gasteiger partial charge on any atom is 0.419 e. The number of aryl methyl sites for hydroxylation is 1. The first kappa shape index (κ1) is 10.6. The summed E-state index contributed by atoms with van der Waals surface area (Å²) in [6, 6.07) is 9.48. The SMILES string of the molecule is Cc1[nH]c(-c2ccccc2)c2[nH]c(=O)oc(=O)c12. The van der Waals surface area contributed by atoms with Gasteiger partial charge in [-0.1, -0.05) is 30.3 Å². The first-order chi connectivity index (χ1) is 8.66. The average molecular weight is 242 g/mol. The largest absolute Gasteiger partial charge is 0.419 e. The van der Waals surface area contributed by atoms with Crippen LogP contribution in [0.3, 0.4) is 0 Å². The van der Waals surface area contributed by atoms with Gasteiger partial charge >= 0.3 is 11.4 Å². The number of rotatable bonds is 1. The number of hydrogen-bond donors (Lipinski definition) is 2. The molecule has 0 spiro atoms. The van der Waals surface area contributed by atoms with Crippen LogP contribution in [-0.2, 0) is 0 Å². The van der Waals surface area contributed by atoms with Gasteiger partial charge in [-0.2, -0.15) is 0 Å². The standard InChI is InChI=1S/C13H10N2O3/c1-7-9-11(15-13(17)18-12(9)16)10(14-7)8-5-3-2-4-6-8/h2-6,14H,1H3,(H,15,17). The van der Waals surface area contributed by atoms with Gasteiger partial charge in [0.2, 0.25) is 0 Å². The van der Waals surface area contributed by atoms with Gasteiger partial charge in [-0.15, -0.1) is 0 Å². The molecule has 5 nitrogen and oxygen atoms in total. The Bertz CT molecular complexity index is 825. The number of hydrogen-bond acceptors (Lipinski definition) is 3. The molecule has 1 aromatic carbocycles. The van der Waals surface area contributed by atoms with E-state index >= 15 is 0 Å². The Kier molecular flexibility index (Phi) is 2.19. The monoisotopic (exact) mass is 242 g/mol. The van der Waals surface area contributed by atoms with Crippen molar-refractivity contribution >= 4 is 10.9 Å². The summed E-state index contributed by atoms with van der Waals surface area (Å²) in [6.45, 7) is 1.77. The van der Waals surface area contributed by atoms with Crippen LogP contribution in [0.5, 0.6) is 0 Å². The summed E-state index contributed by atoms with van der Waals surface area (Å²) in [7, 11) is 0. The van der Waals surface area contributed by atoms with E-state index < -0.39 is 11.4 Å². The van der Waals surface area contributed by atoms with E-state index in [1.807, 2.05) is 30.3 Å². The lowest BCUT2D eigenvalue weighted by molar-refractivity contribution is 0.460. The molecule has 0 atom stereocenters. The molecular weight excluding hydrogens is 232 g/mol. The van der Waals surface area contributed by atoms with Crippen LogP contribution in [0.25, 0.3) is 22.2 Å². The van der Waals surface area contributed by atoms with Crippen molar-refractivity contribution < 1.29 is 4.42 Å². The molecule has 0 saturated carbocycles. The summed E-state index contributed by atoms with van der Waals surface area (Å²) in [5.41, 5.74) is 2.16. The van der Waals surface area contributed by atoms with Gasteiger partial charge in [0.15, 0.2) is 0 Å². The molecular formula is C13H10N2O3. The van der Waals surface area contributed by atoms with E-state index in [1.54, 1.807) is 6.92 Å². The van der Waals surface area contributed by atoms with Crippen molar-refractivity contribution in [2.24, 2.45) is 0 Å². The van der Waals surface area contributed by atoms with Crippen LogP contribution in [0.4, 0.5) is 0 Å². The molecule has 0 saturated heterocycles. The maximum atomic E-state index is 11.7. The Morgan fingerprint density at radius 1 is 1.06 bits per heavy atom. The molecule has 0 amide bonds. The number of aromatic nitrogens is 2. The molecule has 0 fully saturated rings. The second-order valence-corrected chi connectivity index (χ2v) is 4.04. The Hall–Kier alpha value is -2.56. The Labute approximate surface area is 101 Å². The lowest BCUT2D eigenvalue weighted by Crippen LogP contribution is -2.14. The van der Waals surface area contributed by atoms with Crippen molar-refractivity contribution in [2.75, 3.05) is 0 Å². The van der Waals surface area contributed by atoms with Crippen LogP contribution < -0.4 is 11.4 Å². The second-order valence-electron chi connectivity index (χ2n) is 4.04. The van der Waals surface area contributed by atoms with Gasteiger partial charge < -0.3 is 9.40 Å². The minimum atomic E-state index is -0.747. The summed E-state index contributed by atoms with van der Waals surface area (Å²) in [5.74, 6) is -0.747. The molecule has 2 heterocycles. The number of nitrogens with one attached hydrogen (secondary N) is 2. The molecule has 90 valence electrons. The van der Waals surface area contributed by atoms with Crippen molar-refractivity contribution in [1.82, 2.24) is 9.97 Å². The van der Waals surface area contributed by atoms with E-state index in [0.29, 0.717) is 22.3 Å². The molecule has 0 aliphatic heterocycles. The van der Waals surface area contributed by atoms with Gasteiger partial charge in [0.25, 0.3) is 0 Å².